The first-order chi connectivity index (χ1) is 8.59. The smallest absolute Gasteiger partial charge is 0.0522 e. The highest BCUT2D eigenvalue weighted by molar-refractivity contribution is 5.20. The van der Waals surface area contributed by atoms with Gasteiger partial charge >= 0.3 is 0 Å². The van der Waals surface area contributed by atoms with Crippen molar-refractivity contribution in [1.29, 1.82) is 0 Å². The molecule has 0 saturated heterocycles. The Hall–Kier alpha value is -1.54. The first kappa shape index (κ1) is 12.9. The average Bonchev–Trinajstić information content (AvgIpc) is 2.67. The van der Waals surface area contributed by atoms with E-state index in [2.05, 4.69) is 79.9 Å². The first-order valence-electron chi connectivity index (χ1n) is 6.43. The van der Waals surface area contributed by atoms with Crippen LogP contribution in [0.2, 0.25) is 0 Å². The SMILES string of the molecule is Cc1ccc(C)n1C[C@@H](c1ccccc1)N(C)C. The van der Waals surface area contributed by atoms with Crippen molar-refractivity contribution in [2.45, 2.75) is 26.4 Å². The largest absolute Gasteiger partial charge is 0.347 e. The summed E-state index contributed by atoms with van der Waals surface area (Å²) in [5.74, 6) is 0. The van der Waals surface area contributed by atoms with E-state index >= 15 is 0 Å². The maximum absolute atomic E-state index is 2.39. The fraction of sp³-hybridized carbons (Fsp3) is 0.375. The average molecular weight is 242 g/mol. The van der Waals surface area contributed by atoms with Crippen LogP contribution in [0.1, 0.15) is 23.0 Å². The molecule has 2 rings (SSSR count). The Balaban J connectivity index is 2.28. The summed E-state index contributed by atoms with van der Waals surface area (Å²) in [7, 11) is 4.29. The quantitative estimate of drug-likeness (QED) is 0.797. The van der Waals surface area contributed by atoms with Crippen LogP contribution >= 0.6 is 0 Å². The van der Waals surface area contributed by atoms with E-state index in [1.165, 1.54) is 17.0 Å². The molecule has 0 saturated carbocycles. The summed E-state index contributed by atoms with van der Waals surface area (Å²) < 4.78 is 2.39. The minimum atomic E-state index is 0.413. The van der Waals surface area contributed by atoms with Crippen LogP contribution < -0.4 is 0 Å². The number of benzene rings is 1. The van der Waals surface area contributed by atoms with Gasteiger partial charge in [-0.25, -0.2) is 0 Å². The second kappa shape index (κ2) is 5.40. The van der Waals surface area contributed by atoms with E-state index in [1.807, 2.05) is 0 Å². The normalized spacial score (nSPS) is 12.9. The molecule has 2 aromatic rings. The molecule has 2 nitrogen and oxygen atoms in total. The zero-order valence-corrected chi connectivity index (χ0v) is 11.7. The van der Waals surface area contributed by atoms with Crippen molar-refractivity contribution in [3.05, 3.63) is 59.4 Å². The fourth-order valence-corrected chi connectivity index (χ4v) is 2.40. The van der Waals surface area contributed by atoms with E-state index in [0.29, 0.717) is 6.04 Å². The van der Waals surface area contributed by atoms with Gasteiger partial charge in [-0.05, 0) is 45.6 Å². The van der Waals surface area contributed by atoms with Crippen LogP contribution in [0.5, 0.6) is 0 Å². The number of hydrogen-bond donors (Lipinski definition) is 0. The maximum Gasteiger partial charge on any atom is 0.0522 e. The predicted octanol–water partition coefficient (Wildman–Crippen LogP) is 3.41. The van der Waals surface area contributed by atoms with Crippen molar-refractivity contribution >= 4 is 0 Å². The molecule has 0 N–H and O–H groups in total. The van der Waals surface area contributed by atoms with Crippen LogP contribution in [-0.4, -0.2) is 23.6 Å². The number of nitrogens with zero attached hydrogens (tertiary/aromatic N) is 2. The van der Waals surface area contributed by atoms with Gasteiger partial charge in [0.1, 0.15) is 0 Å². The summed E-state index contributed by atoms with van der Waals surface area (Å²) in [6.45, 7) is 5.34. The molecule has 96 valence electrons. The lowest BCUT2D eigenvalue weighted by atomic mass is 10.1. The molecule has 0 bridgehead atoms. The van der Waals surface area contributed by atoms with Crippen LogP contribution in [0.15, 0.2) is 42.5 Å². The Morgan fingerprint density at radius 1 is 0.944 bits per heavy atom. The lowest BCUT2D eigenvalue weighted by Crippen LogP contribution is -2.25. The molecular weight excluding hydrogens is 220 g/mol. The van der Waals surface area contributed by atoms with Gasteiger partial charge < -0.3 is 9.47 Å². The summed E-state index contributed by atoms with van der Waals surface area (Å²) in [4.78, 5) is 2.29. The van der Waals surface area contributed by atoms with Gasteiger partial charge in [0.25, 0.3) is 0 Å². The van der Waals surface area contributed by atoms with Gasteiger partial charge in [0.2, 0.25) is 0 Å². The zero-order valence-electron chi connectivity index (χ0n) is 11.7. The molecule has 1 atom stereocenters. The van der Waals surface area contributed by atoms with Gasteiger partial charge in [-0.1, -0.05) is 30.3 Å². The van der Waals surface area contributed by atoms with E-state index in [-0.39, 0.29) is 0 Å². The van der Waals surface area contributed by atoms with E-state index in [0.717, 1.165) is 6.54 Å². The lowest BCUT2D eigenvalue weighted by molar-refractivity contribution is 0.266. The van der Waals surface area contributed by atoms with Gasteiger partial charge in [0, 0.05) is 17.9 Å². The molecule has 1 aromatic carbocycles. The number of aryl methyl sites for hydroxylation is 2. The molecule has 1 aromatic heterocycles. The molecule has 0 aliphatic heterocycles. The Bertz CT molecular complexity index is 478. The monoisotopic (exact) mass is 242 g/mol. The molecule has 0 spiro atoms. The van der Waals surface area contributed by atoms with Crippen LogP contribution in [0.4, 0.5) is 0 Å². The van der Waals surface area contributed by atoms with Gasteiger partial charge in [0.05, 0.1) is 6.04 Å². The van der Waals surface area contributed by atoms with Crippen LogP contribution in [0, 0.1) is 13.8 Å². The van der Waals surface area contributed by atoms with Crippen molar-refractivity contribution in [1.82, 2.24) is 9.47 Å². The summed E-state index contributed by atoms with van der Waals surface area (Å²) in [5, 5.41) is 0. The molecule has 0 radical (unpaired) electrons. The third-order valence-corrected chi connectivity index (χ3v) is 3.58. The maximum atomic E-state index is 2.39. The Morgan fingerprint density at radius 3 is 2.00 bits per heavy atom. The minimum Gasteiger partial charge on any atom is -0.347 e. The second-order valence-corrected chi connectivity index (χ2v) is 5.12. The zero-order chi connectivity index (χ0) is 13.1. The predicted molar refractivity (Wildman–Crippen MR) is 76.8 cm³/mol. The Morgan fingerprint density at radius 2 is 1.50 bits per heavy atom. The Labute approximate surface area is 110 Å². The molecule has 0 aliphatic rings. The van der Waals surface area contributed by atoms with Crippen LogP contribution in [0.3, 0.4) is 0 Å². The third-order valence-electron chi connectivity index (χ3n) is 3.58. The van der Waals surface area contributed by atoms with Gasteiger partial charge in [0.15, 0.2) is 0 Å². The number of hydrogen-bond acceptors (Lipinski definition) is 1. The third kappa shape index (κ3) is 2.65. The van der Waals surface area contributed by atoms with Crippen molar-refractivity contribution in [2.24, 2.45) is 0 Å². The van der Waals surface area contributed by atoms with Gasteiger partial charge in [-0.3, -0.25) is 0 Å². The summed E-state index contributed by atoms with van der Waals surface area (Å²) in [6, 6.07) is 15.5. The summed E-state index contributed by atoms with van der Waals surface area (Å²) in [6.07, 6.45) is 0. The van der Waals surface area contributed by atoms with Gasteiger partial charge in [-0.15, -0.1) is 0 Å². The molecular formula is C16H22N2. The fourth-order valence-electron chi connectivity index (χ4n) is 2.40. The second-order valence-electron chi connectivity index (χ2n) is 5.12. The molecule has 0 amide bonds. The molecule has 1 heterocycles. The van der Waals surface area contributed by atoms with Crippen molar-refractivity contribution in [3.63, 3.8) is 0 Å². The Kier molecular flexibility index (Phi) is 3.87. The molecule has 0 unspecified atom stereocenters. The number of aromatic nitrogens is 1. The highest BCUT2D eigenvalue weighted by Gasteiger charge is 2.15. The minimum absolute atomic E-state index is 0.413. The number of likely N-dealkylation sites (N-methyl/N-ethyl adjacent to an activating group) is 1. The summed E-state index contributed by atoms with van der Waals surface area (Å²) in [5.41, 5.74) is 4.03. The summed E-state index contributed by atoms with van der Waals surface area (Å²) >= 11 is 0. The van der Waals surface area contributed by atoms with E-state index < -0.39 is 0 Å². The van der Waals surface area contributed by atoms with Crippen LogP contribution in [-0.2, 0) is 6.54 Å². The van der Waals surface area contributed by atoms with E-state index in [1.54, 1.807) is 0 Å². The van der Waals surface area contributed by atoms with E-state index in [9.17, 15) is 0 Å². The standard InChI is InChI=1S/C16H22N2/c1-13-10-11-14(2)18(13)12-16(17(3)4)15-8-6-5-7-9-15/h5-11,16H,12H2,1-4H3/t16-/m0/s1. The van der Waals surface area contributed by atoms with Crippen LogP contribution in [0.25, 0.3) is 0 Å². The van der Waals surface area contributed by atoms with Crippen molar-refractivity contribution in [3.8, 4) is 0 Å². The molecule has 2 heteroatoms. The van der Waals surface area contributed by atoms with Crippen molar-refractivity contribution < 1.29 is 0 Å². The van der Waals surface area contributed by atoms with E-state index in [4.69, 9.17) is 0 Å². The molecule has 0 fully saturated rings. The first-order valence-corrected chi connectivity index (χ1v) is 6.43. The number of rotatable bonds is 4. The topological polar surface area (TPSA) is 8.17 Å². The molecule has 0 aliphatic carbocycles. The highest BCUT2D eigenvalue weighted by Crippen LogP contribution is 2.22. The highest BCUT2D eigenvalue weighted by atomic mass is 15.1. The molecule has 18 heavy (non-hydrogen) atoms. The van der Waals surface area contributed by atoms with Crippen molar-refractivity contribution in [2.75, 3.05) is 14.1 Å². The van der Waals surface area contributed by atoms with Gasteiger partial charge in [-0.2, -0.15) is 0 Å². The lowest BCUT2D eigenvalue weighted by Gasteiger charge is -2.26.